The van der Waals surface area contributed by atoms with E-state index < -0.39 is 0 Å². The van der Waals surface area contributed by atoms with E-state index in [2.05, 4.69) is 73.6 Å². The first-order valence-corrected chi connectivity index (χ1v) is 11.6. The van der Waals surface area contributed by atoms with Gasteiger partial charge in [0.05, 0.1) is 11.3 Å². The predicted octanol–water partition coefficient (Wildman–Crippen LogP) is 5.18. The van der Waals surface area contributed by atoms with E-state index in [-0.39, 0.29) is 0 Å². The molecule has 2 aliphatic carbocycles. The van der Waals surface area contributed by atoms with Crippen LogP contribution in [0.3, 0.4) is 0 Å². The van der Waals surface area contributed by atoms with Crippen molar-refractivity contribution in [2.75, 3.05) is 0 Å². The van der Waals surface area contributed by atoms with Gasteiger partial charge in [-0.2, -0.15) is 0 Å². The van der Waals surface area contributed by atoms with Crippen molar-refractivity contribution in [1.82, 2.24) is 4.57 Å². The Morgan fingerprint density at radius 3 is 2.50 bits per heavy atom. The predicted molar refractivity (Wildman–Crippen MR) is 128 cm³/mol. The molecule has 2 N–H and O–H groups in total. The Bertz CT molecular complexity index is 1130. The number of hydrogen-bond donors (Lipinski definition) is 1. The van der Waals surface area contributed by atoms with Crippen LogP contribution in [0.5, 0.6) is 0 Å². The second-order valence-corrected chi connectivity index (χ2v) is 8.62. The van der Waals surface area contributed by atoms with Gasteiger partial charge in [0.25, 0.3) is 0 Å². The molecule has 0 unspecified atom stereocenters. The molecule has 1 saturated carbocycles. The molecule has 156 valence electrons. The molecule has 1 aromatic carbocycles. The molecule has 1 aromatic heterocycles. The van der Waals surface area contributed by atoms with E-state index in [4.69, 9.17) is 5.73 Å². The highest BCUT2D eigenvalue weighted by atomic mass is 15.0. The SMILES string of the molecule is CCCC#Cc1c(-c2ccc(CN)cc2)n(C2CCC2)c2c1=CCC(CC)=C(C)C=2. The summed E-state index contributed by atoms with van der Waals surface area (Å²) in [4.78, 5) is 0. The average Bonchev–Trinajstić information content (AvgIpc) is 2.89. The van der Waals surface area contributed by atoms with Crippen LogP contribution in [0.25, 0.3) is 23.4 Å². The summed E-state index contributed by atoms with van der Waals surface area (Å²) in [5.41, 5.74) is 13.8. The van der Waals surface area contributed by atoms with Gasteiger partial charge in [-0.3, -0.25) is 0 Å². The number of unbranched alkanes of at least 4 members (excludes halogenated alkanes) is 1. The summed E-state index contributed by atoms with van der Waals surface area (Å²) in [6.07, 6.45) is 12.9. The van der Waals surface area contributed by atoms with Crippen molar-refractivity contribution in [2.45, 2.75) is 78.3 Å². The van der Waals surface area contributed by atoms with Crippen LogP contribution >= 0.6 is 0 Å². The van der Waals surface area contributed by atoms with E-state index in [9.17, 15) is 0 Å². The average molecular weight is 399 g/mol. The van der Waals surface area contributed by atoms with Gasteiger partial charge in [-0.1, -0.05) is 61.6 Å². The number of fused-ring (bicyclic) bond motifs is 1. The first-order valence-electron chi connectivity index (χ1n) is 11.6. The van der Waals surface area contributed by atoms with Crippen molar-refractivity contribution in [2.24, 2.45) is 5.73 Å². The first-order chi connectivity index (χ1) is 14.7. The zero-order valence-electron chi connectivity index (χ0n) is 18.7. The Hall–Kier alpha value is -2.50. The minimum absolute atomic E-state index is 0.574. The van der Waals surface area contributed by atoms with Crippen molar-refractivity contribution in [3.8, 4) is 23.1 Å². The largest absolute Gasteiger partial charge is 0.336 e. The fraction of sp³-hybridized carbons (Fsp3) is 0.429. The minimum atomic E-state index is 0.574. The van der Waals surface area contributed by atoms with Gasteiger partial charge in [0.1, 0.15) is 0 Å². The van der Waals surface area contributed by atoms with Crippen molar-refractivity contribution in [3.63, 3.8) is 0 Å². The standard InChI is InChI=1S/C28H34N2/c1-4-6-7-11-26-25-17-16-22(5-2)20(3)18-27(25)30(24-9-8-10-24)28(26)23-14-12-21(19-29)13-15-23/h12-15,17-18,24H,4-6,8-10,16,19,29H2,1-3H3. The minimum Gasteiger partial charge on any atom is -0.336 e. The lowest BCUT2D eigenvalue weighted by Gasteiger charge is -2.30. The smallest absolute Gasteiger partial charge is 0.0653 e. The first kappa shape index (κ1) is 20.8. The van der Waals surface area contributed by atoms with E-state index in [0.29, 0.717) is 12.6 Å². The molecule has 0 spiro atoms. The third kappa shape index (κ3) is 3.80. The number of benzene rings is 1. The van der Waals surface area contributed by atoms with Crippen LogP contribution in [-0.4, -0.2) is 4.57 Å². The molecule has 0 amide bonds. The van der Waals surface area contributed by atoms with Crippen LogP contribution in [0.1, 0.15) is 82.9 Å². The van der Waals surface area contributed by atoms with E-state index in [1.807, 2.05) is 0 Å². The molecule has 0 aliphatic heterocycles. The van der Waals surface area contributed by atoms with Gasteiger partial charge in [0, 0.05) is 29.6 Å². The Balaban J connectivity index is 2.04. The summed E-state index contributed by atoms with van der Waals surface area (Å²) in [7, 11) is 0. The monoisotopic (exact) mass is 398 g/mol. The summed E-state index contributed by atoms with van der Waals surface area (Å²) in [6.45, 7) is 7.32. The zero-order valence-corrected chi connectivity index (χ0v) is 18.7. The maximum Gasteiger partial charge on any atom is 0.0653 e. The Morgan fingerprint density at radius 1 is 1.13 bits per heavy atom. The number of allylic oxidation sites excluding steroid dienone is 2. The van der Waals surface area contributed by atoms with Gasteiger partial charge in [-0.05, 0) is 68.2 Å². The Labute approximate surface area is 181 Å². The Kier molecular flexibility index (Phi) is 6.30. The third-order valence-corrected chi connectivity index (χ3v) is 6.66. The van der Waals surface area contributed by atoms with Crippen molar-refractivity contribution >= 4 is 12.2 Å². The second kappa shape index (κ2) is 9.11. The number of nitrogens with two attached hydrogens (primary N) is 1. The second-order valence-electron chi connectivity index (χ2n) is 8.62. The maximum absolute atomic E-state index is 5.85. The molecule has 2 aliphatic rings. The van der Waals surface area contributed by atoms with Gasteiger partial charge in [-0.25, -0.2) is 0 Å². The van der Waals surface area contributed by atoms with Gasteiger partial charge in [0.2, 0.25) is 0 Å². The maximum atomic E-state index is 5.85. The van der Waals surface area contributed by atoms with Crippen molar-refractivity contribution < 1.29 is 0 Å². The van der Waals surface area contributed by atoms with Crippen LogP contribution in [0.15, 0.2) is 35.4 Å². The Morgan fingerprint density at radius 2 is 1.90 bits per heavy atom. The molecule has 2 aromatic rings. The lowest BCUT2D eigenvalue weighted by molar-refractivity contribution is 0.312. The van der Waals surface area contributed by atoms with Crippen molar-refractivity contribution in [3.05, 3.63) is 57.1 Å². The van der Waals surface area contributed by atoms with Crippen LogP contribution in [0.4, 0.5) is 0 Å². The summed E-state index contributed by atoms with van der Waals surface area (Å²) < 4.78 is 2.62. The highest BCUT2D eigenvalue weighted by Crippen LogP contribution is 2.35. The van der Waals surface area contributed by atoms with E-state index in [1.165, 1.54) is 63.4 Å². The van der Waals surface area contributed by atoms with Gasteiger partial charge < -0.3 is 10.3 Å². The van der Waals surface area contributed by atoms with Crippen LogP contribution in [0.2, 0.25) is 0 Å². The third-order valence-electron chi connectivity index (χ3n) is 6.66. The topological polar surface area (TPSA) is 30.9 Å². The number of hydrogen-bond acceptors (Lipinski definition) is 1. The highest BCUT2D eigenvalue weighted by Gasteiger charge is 2.26. The fourth-order valence-corrected chi connectivity index (χ4v) is 4.61. The number of aromatic nitrogens is 1. The van der Waals surface area contributed by atoms with Crippen LogP contribution in [0, 0.1) is 11.8 Å². The molecule has 1 heterocycles. The summed E-state index contributed by atoms with van der Waals surface area (Å²) in [5, 5.41) is 2.70. The van der Waals surface area contributed by atoms with Gasteiger partial charge in [0.15, 0.2) is 0 Å². The molecule has 2 heteroatoms. The molecule has 0 bridgehead atoms. The van der Waals surface area contributed by atoms with Gasteiger partial charge in [-0.15, -0.1) is 0 Å². The molecule has 30 heavy (non-hydrogen) atoms. The zero-order chi connectivity index (χ0) is 21.1. The highest BCUT2D eigenvalue weighted by molar-refractivity contribution is 5.72. The lowest BCUT2D eigenvalue weighted by atomic mass is 9.92. The molecule has 2 nitrogen and oxygen atoms in total. The molecule has 4 rings (SSSR count). The quantitative estimate of drug-likeness (QED) is 0.691. The van der Waals surface area contributed by atoms with Crippen LogP contribution in [-0.2, 0) is 6.54 Å². The number of nitrogens with zero attached hydrogens (tertiary/aromatic N) is 1. The van der Waals surface area contributed by atoms with E-state index >= 15 is 0 Å². The number of rotatable bonds is 5. The van der Waals surface area contributed by atoms with Crippen molar-refractivity contribution in [1.29, 1.82) is 0 Å². The molecule has 0 radical (unpaired) electrons. The van der Waals surface area contributed by atoms with E-state index in [1.54, 1.807) is 0 Å². The van der Waals surface area contributed by atoms with Crippen LogP contribution < -0.4 is 16.3 Å². The van der Waals surface area contributed by atoms with E-state index in [0.717, 1.165) is 25.7 Å². The molecular formula is C28H34N2. The summed E-state index contributed by atoms with van der Waals surface area (Å²) in [6, 6.07) is 9.37. The molecule has 0 saturated heterocycles. The van der Waals surface area contributed by atoms with Gasteiger partial charge >= 0.3 is 0 Å². The lowest BCUT2D eigenvalue weighted by Crippen LogP contribution is -2.34. The summed E-state index contributed by atoms with van der Waals surface area (Å²) in [5.74, 6) is 7.05. The normalized spacial score (nSPS) is 16.0. The fourth-order valence-electron chi connectivity index (χ4n) is 4.61. The molecule has 0 atom stereocenters. The molecular weight excluding hydrogens is 364 g/mol. The summed E-state index contributed by atoms with van der Waals surface area (Å²) >= 11 is 0. The molecule has 1 fully saturated rings.